The number of hydrogen-bond donors (Lipinski definition) is 12. The standard InChI is InChI=1S/C46H78O18/c1-20(8-9-27(51)42(4,5)64-40-36(58)33(55)32(54)25(16-47)62-40)29-21(48)15-44(7)26-14-24(61-38-34(56)30(52)22(49)17-59-38)37-41(2,3)28(63-39-35(57)31(53)23(50)18-60-39)10-11-46(37)19-45(26,46)13-12-43(29,44)6/h20-40,47-58H,8-19H2,1-7H3/t20-,21+,22-,23-,24+,25-,26+,27+,28+,29+,30+,31+,32-,33+,34-,35-,36-,37+,38+,39+,40+,43-,44+,45+,46-/m1/s1. The highest BCUT2D eigenvalue weighted by Gasteiger charge is 2.84. The molecule has 18 heteroatoms. The zero-order chi connectivity index (χ0) is 46.9. The van der Waals surface area contributed by atoms with Gasteiger partial charge in [-0.1, -0.05) is 34.6 Å². The van der Waals surface area contributed by atoms with Crippen molar-refractivity contribution in [2.75, 3.05) is 19.8 Å². The fraction of sp³-hybridized carbons (Fsp3) is 1.00. The number of rotatable bonds is 12. The molecule has 8 fully saturated rings. The van der Waals surface area contributed by atoms with Crippen LogP contribution in [0.1, 0.15) is 106 Å². The van der Waals surface area contributed by atoms with Gasteiger partial charge in [-0.25, -0.2) is 0 Å². The summed E-state index contributed by atoms with van der Waals surface area (Å²) in [5.41, 5.74) is -2.85. The zero-order valence-electron chi connectivity index (χ0n) is 38.4. The monoisotopic (exact) mass is 919 g/mol. The Hall–Kier alpha value is -0.720. The first kappa shape index (κ1) is 49.7. The molecule has 8 aliphatic rings. The number of fused-ring (bicyclic) bond motifs is 2. The second-order valence-corrected chi connectivity index (χ2v) is 23.0. The second kappa shape index (κ2) is 17.3. The van der Waals surface area contributed by atoms with Gasteiger partial charge in [0.2, 0.25) is 0 Å². The summed E-state index contributed by atoms with van der Waals surface area (Å²) in [4.78, 5) is 0. The van der Waals surface area contributed by atoms with Gasteiger partial charge in [0, 0.05) is 0 Å². The van der Waals surface area contributed by atoms with Gasteiger partial charge in [-0.15, -0.1) is 0 Å². The highest BCUT2D eigenvalue weighted by molar-refractivity contribution is 5.33. The van der Waals surface area contributed by atoms with Crippen molar-refractivity contribution in [2.45, 2.75) is 216 Å². The van der Waals surface area contributed by atoms with E-state index in [1.54, 1.807) is 13.8 Å². The summed E-state index contributed by atoms with van der Waals surface area (Å²) in [6.45, 7) is 13.3. The van der Waals surface area contributed by atoms with E-state index in [1.807, 2.05) is 0 Å². The summed E-state index contributed by atoms with van der Waals surface area (Å²) in [5.74, 6) is -0.213. The third kappa shape index (κ3) is 7.59. The second-order valence-electron chi connectivity index (χ2n) is 23.0. The van der Waals surface area contributed by atoms with Crippen molar-refractivity contribution >= 4 is 0 Å². The first-order chi connectivity index (χ1) is 29.8. The van der Waals surface area contributed by atoms with Crippen molar-refractivity contribution in [1.82, 2.24) is 0 Å². The van der Waals surface area contributed by atoms with Gasteiger partial charge in [0.15, 0.2) is 18.9 Å². The maximum absolute atomic E-state index is 12.2. The Morgan fingerprint density at radius 1 is 0.672 bits per heavy atom. The largest absolute Gasteiger partial charge is 0.394 e. The summed E-state index contributed by atoms with van der Waals surface area (Å²) in [7, 11) is 0. The first-order valence-corrected chi connectivity index (χ1v) is 23.8. The molecule has 8 rings (SSSR count). The molecule has 0 aromatic carbocycles. The van der Waals surface area contributed by atoms with Gasteiger partial charge in [-0.3, -0.25) is 0 Å². The number of aliphatic hydroxyl groups excluding tert-OH is 12. The van der Waals surface area contributed by atoms with Gasteiger partial charge in [0.25, 0.3) is 0 Å². The quantitative estimate of drug-likeness (QED) is 0.105. The lowest BCUT2D eigenvalue weighted by molar-refractivity contribution is -0.331. The molecule has 25 atom stereocenters. The van der Waals surface area contributed by atoms with Gasteiger partial charge in [-0.2, -0.15) is 0 Å². The molecule has 5 saturated carbocycles. The van der Waals surface area contributed by atoms with E-state index in [1.165, 1.54) is 0 Å². The zero-order valence-corrected chi connectivity index (χ0v) is 38.4. The van der Waals surface area contributed by atoms with E-state index < -0.39 is 122 Å². The molecule has 64 heavy (non-hydrogen) atoms. The van der Waals surface area contributed by atoms with Crippen LogP contribution in [0.15, 0.2) is 0 Å². The van der Waals surface area contributed by atoms with E-state index in [-0.39, 0.29) is 58.5 Å². The summed E-state index contributed by atoms with van der Waals surface area (Å²) < 4.78 is 36.6. The molecule has 0 radical (unpaired) electrons. The van der Waals surface area contributed by atoms with Crippen molar-refractivity contribution < 1.29 is 89.7 Å². The van der Waals surface area contributed by atoms with E-state index in [4.69, 9.17) is 28.4 Å². The molecular formula is C46H78O18. The highest BCUT2D eigenvalue weighted by atomic mass is 16.7. The summed E-state index contributed by atoms with van der Waals surface area (Å²) in [6.07, 6.45) is -14.6. The van der Waals surface area contributed by atoms with Crippen LogP contribution in [0.25, 0.3) is 0 Å². The van der Waals surface area contributed by atoms with Gasteiger partial charge in [-0.05, 0) is 122 Å². The van der Waals surface area contributed by atoms with E-state index in [9.17, 15) is 61.3 Å². The first-order valence-electron chi connectivity index (χ1n) is 23.8. The fourth-order valence-corrected chi connectivity index (χ4v) is 15.5. The Morgan fingerprint density at radius 3 is 1.88 bits per heavy atom. The molecule has 0 aromatic heterocycles. The van der Waals surface area contributed by atoms with Crippen LogP contribution in [0.2, 0.25) is 0 Å². The van der Waals surface area contributed by atoms with Crippen LogP contribution in [0.3, 0.4) is 0 Å². The molecule has 3 heterocycles. The van der Waals surface area contributed by atoms with E-state index >= 15 is 0 Å². The van der Waals surface area contributed by atoms with Gasteiger partial charge in [0.05, 0.1) is 49.8 Å². The van der Waals surface area contributed by atoms with E-state index in [2.05, 4.69) is 34.6 Å². The molecule has 0 unspecified atom stereocenters. The molecule has 0 aromatic rings. The van der Waals surface area contributed by atoms with Gasteiger partial charge < -0.3 is 89.7 Å². The molecule has 3 aliphatic heterocycles. The predicted molar refractivity (Wildman–Crippen MR) is 222 cm³/mol. The smallest absolute Gasteiger partial charge is 0.187 e. The molecule has 370 valence electrons. The third-order valence-corrected chi connectivity index (χ3v) is 19.1. The minimum atomic E-state index is -1.62. The fourth-order valence-electron chi connectivity index (χ4n) is 15.5. The molecule has 2 spiro atoms. The average Bonchev–Trinajstić information content (AvgIpc) is 3.83. The van der Waals surface area contributed by atoms with Crippen LogP contribution in [0, 0.1) is 50.7 Å². The van der Waals surface area contributed by atoms with Gasteiger partial charge >= 0.3 is 0 Å². The molecular weight excluding hydrogens is 840 g/mol. The molecule has 0 amide bonds. The maximum atomic E-state index is 12.2. The lowest BCUT2D eigenvalue weighted by atomic mass is 9.41. The van der Waals surface area contributed by atoms with E-state index in [0.717, 1.165) is 25.7 Å². The Kier molecular flexibility index (Phi) is 13.4. The maximum Gasteiger partial charge on any atom is 0.187 e. The average molecular weight is 919 g/mol. The molecule has 5 aliphatic carbocycles. The van der Waals surface area contributed by atoms with Crippen LogP contribution in [0.4, 0.5) is 0 Å². The molecule has 12 N–H and O–H groups in total. The van der Waals surface area contributed by atoms with Crippen molar-refractivity contribution in [3.63, 3.8) is 0 Å². The minimum Gasteiger partial charge on any atom is -0.394 e. The summed E-state index contributed by atoms with van der Waals surface area (Å²) in [6, 6.07) is 0. The van der Waals surface area contributed by atoms with Crippen LogP contribution < -0.4 is 0 Å². The SMILES string of the molecule is C[C@H](CC[C@H](O)C(C)(C)O[C@@H]1O[C@H](CO)[C@@H](O)[C@H](O)[C@H]1O)[C@H]1[C@@H](O)C[C@@]2(C)[C@@H]3C[C@H](O[C@@H]4OC[C@@H](O)[C@H](O)[C@H]4O)[C@H]4C(C)(C)[C@@H](O[C@@H]5OC[C@@H](O)[C@H](O)[C@H]5O)CC[C@@]45C[C@@]35CC[C@]12C. The summed E-state index contributed by atoms with van der Waals surface area (Å²) in [5, 5.41) is 128. The number of hydrogen-bond acceptors (Lipinski definition) is 18. The topological polar surface area (TPSA) is 298 Å². The van der Waals surface area contributed by atoms with Crippen molar-refractivity contribution in [3.05, 3.63) is 0 Å². The van der Waals surface area contributed by atoms with Crippen LogP contribution in [-0.4, -0.2) is 191 Å². The lowest BCUT2D eigenvalue weighted by Gasteiger charge is -2.65. The Balaban J connectivity index is 1.02. The predicted octanol–water partition coefficient (Wildman–Crippen LogP) is -0.973. The van der Waals surface area contributed by atoms with Gasteiger partial charge in [0.1, 0.15) is 61.0 Å². The highest BCUT2D eigenvalue weighted by Crippen LogP contribution is 2.89. The van der Waals surface area contributed by atoms with Crippen molar-refractivity contribution in [2.24, 2.45) is 50.7 Å². The third-order valence-electron chi connectivity index (χ3n) is 19.1. The van der Waals surface area contributed by atoms with Crippen molar-refractivity contribution in [1.29, 1.82) is 0 Å². The number of aliphatic hydroxyl groups is 12. The normalized spacial score (nSPS) is 54.5. The molecule has 0 bridgehead atoms. The Labute approximate surface area is 375 Å². The lowest BCUT2D eigenvalue weighted by Crippen LogP contribution is -2.64. The van der Waals surface area contributed by atoms with Crippen LogP contribution in [0.5, 0.6) is 0 Å². The van der Waals surface area contributed by atoms with E-state index in [0.29, 0.717) is 32.1 Å². The Morgan fingerprint density at radius 2 is 1.27 bits per heavy atom. The molecule has 3 saturated heterocycles. The van der Waals surface area contributed by atoms with Crippen LogP contribution >= 0.6 is 0 Å². The molecule has 18 nitrogen and oxygen atoms in total. The number of ether oxygens (including phenoxy) is 6. The Bertz CT molecular complexity index is 1650. The van der Waals surface area contributed by atoms with Crippen LogP contribution in [-0.2, 0) is 28.4 Å². The summed E-state index contributed by atoms with van der Waals surface area (Å²) >= 11 is 0. The minimum absolute atomic E-state index is 0.0349. The van der Waals surface area contributed by atoms with Crippen molar-refractivity contribution in [3.8, 4) is 0 Å².